The van der Waals surface area contributed by atoms with Crippen LogP contribution in [0.4, 0.5) is 0 Å². The molecule has 3 aromatic heterocycles. The summed E-state index contributed by atoms with van der Waals surface area (Å²) in [7, 11) is 0. The van der Waals surface area contributed by atoms with Crippen molar-refractivity contribution >= 4 is 39.1 Å². The molecule has 9 heteroatoms. The first-order chi connectivity index (χ1) is 19.2. The number of hydrogen-bond donors (Lipinski definition) is 1. The van der Waals surface area contributed by atoms with Crippen LogP contribution in [0.5, 0.6) is 0 Å². The second kappa shape index (κ2) is 10.7. The number of nitrogens with zero attached hydrogens (tertiary/aromatic N) is 4. The zero-order valence-electron chi connectivity index (χ0n) is 24.2. The predicted molar refractivity (Wildman–Crippen MR) is 165 cm³/mol. The van der Waals surface area contributed by atoms with E-state index < -0.39 is 17.7 Å². The fraction of sp³-hybridized carbons (Fsp3) is 0.312. The molecule has 0 fully saturated rings. The highest BCUT2D eigenvalue weighted by atomic mass is 35.5. The third-order valence-electron chi connectivity index (χ3n) is 6.59. The predicted octanol–water partition coefficient (Wildman–Crippen LogP) is 8.55. The molecule has 5 aromatic rings. The Hall–Kier alpha value is -3.59. The monoisotopic (exact) mass is 588 g/mol. The molecule has 3 heterocycles. The van der Waals surface area contributed by atoms with E-state index in [1.165, 1.54) is 11.3 Å². The van der Waals surface area contributed by atoms with Crippen molar-refractivity contribution in [1.29, 1.82) is 0 Å². The standard InChI is InChI=1S/C32H33ClN4O3S/c1-18-14-24-28(26(19-8-10-22(33)11-9-19)25(18)27(30(38)39)40-32(5,6)7)41-29(36-24)20-12-13-34-23(15-20)21-16-35-37(17-21)31(2,3)4/h8-17,27H,1-7H3,(H,38,39). The minimum Gasteiger partial charge on any atom is -0.479 e. The van der Waals surface area contributed by atoms with Gasteiger partial charge in [-0.05, 0) is 89.9 Å². The summed E-state index contributed by atoms with van der Waals surface area (Å²) in [5, 5.41) is 16.2. The molecule has 0 spiro atoms. The van der Waals surface area contributed by atoms with E-state index >= 15 is 0 Å². The molecular weight excluding hydrogens is 556 g/mol. The molecule has 5 rings (SSSR count). The minimum absolute atomic E-state index is 0.138. The molecule has 2 aromatic carbocycles. The summed E-state index contributed by atoms with van der Waals surface area (Å²) in [5.74, 6) is -1.04. The highest BCUT2D eigenvalue weighted by Gasteiger charge is 2.32. The van der Waals surface area contributed by atoms with Crippen LogP contribution in [0.15, 0.2) is 61.1 Å². The molecule has 0 aliphatic carbocycles. The lowest BCUT2D eigenvalue weighted by Gasteiger charge is -2.28. The summed E-state index contributed by atoms with van der Waals surface area (Å²) in [4.78, 5) is 22.2. The van der Waals surface area contributed by atoms with Gasteiger partial charge in [-0.15, -0.1) is 11.3 Å². The van der Waals surface area contributed by atoms with Crippen molar-refractivity contribution in [2.45, 2.75) is 65.7 Å². The van der Waals surface area contributed by atoms with Gasteiger partial charge in [-0.2, -0.15) is 5.10 Å². The number of pyridine rings is 1. The molecule has 0 aliphatic rings. The van der Waals surface area contributed by atoms with Crippen molar-refractivity contribution in [3.8, 4) is 33.0 Å². The molecule has 41 heavy (non-hydrogen) atoms. The summed E-state index contributed by atoms with van der Waals surface area (Å²) in [6.45, 7) is 13.8. The van der Waals surface area contributed by atoms with Gasteiger partial charge in [0.15, 0.2) is 6.10 Å². The quantitative estimate of drug-likeness (QED) is 0.214. The number of carboxylic acid groups (broad SMARTS) is 1. The number of hydrogen-bond acceptors (Lipinski definition) is 6. The normalized spacial score (nSPS) is 13.1. The molecule has 0 aliphatic heterocycles. The van der Waals surface area contributed by atoms with E-state index in [2.05, 4.69) is 30.9 Å². The average molecular weight is 589 g/mol. The van der Waals surface area contributed by atoms with Crippen LogP contribution in [0, 0.1) is 6.92 Å². The number of ether oxygens (including phenoxy) is 1. The lowest BCUT2D eigenvalue weighted by Crippen LogP contribution is -2.28. The Labute approximate surface area is 248 Å². The van der Waals surface area contributed by atoms with Crippen LogP contribution in [-0.2, 0) is 15.1 Å². The molecule has 0 saturated heterocycles. The summed E-state index contributed by atoms with van der Waals surface area (Å²) in [5.41, 5.74) is 5.67. The first-order valence-electron chi connectivity index (χ1n) is 13.3. The molecule has 0 saturated carbocycles. The van der Waals surface area contributed by atoms with E-state index in [1.54, 1.807) is 6.20 Å². The van der Waals surface area contributed by atoms with Gasteiger partial charge < -0.3 is 9.84 Å². The van der Waals surface area contributed by atoms with E-state index in [0.29, 0.717) is 10.6 Å². The van der Waals surface area contributed by atoms with E-state index in [1.807, 2.05) is 87.2 Å². The minimum atomic E-state index is -1.16. The molecule has 1 unspecified atom stereocenters. The SMILES string of the molecule is Cc1cc2nc(-c3ccnc(-c4cnn(C(C)(C)C)c4)c3)sc2c(-c2ccc(Cl)cc2)c1C(OC(C)(C)C)C(=O)O. The van der Waals surface area contributed by atoms with Crippen LogP contribution in [0.2, 0.25) is 5.02 Å². The van der Waals surface area contributed by atoms with Gasteiger partial charge in [0.05, 0.1) is 33.2 Å². The van der Waals surface area contributed by atoms with Crippen LogP contribution in [0.25, 0.3) is 43.2 Å². The Bertz CT molecular complexity index is 1740. The van der Waals surface area contributed by atoms with E-state index in [0.717, 1.165) is 48.7 Å². The van der Waals surface area contributed by atoms with Gasteiger partial charge in [-0.25, -0.2) is 9.78 Å². The van der Waals surface area contributed by atoms with Crippen molar-refractivity contribution in [3.63, 3.8) is 0 Å². The number of aliphatic carboxylic acids is 1. The van der Waals surface area contributed by atoms with E-state index in [-0.39, 0.29) is 5.54 Å². The topological polar surface area (TPSA) is 90.1 Å². The van der Waals surface area contributed by atoms with Gasteiger partial charge in [0.2, 0.25) is 0 Å². The third-order valence-corrected chi connectivity index (χ3v) is 7.98. The van der Waals surface area contributed by atoms with Gasteiger partial charge in [-0.1, -0.05) is 23.7 Å². The highest BCUT2D eigenvalue weighted by molar-refractivity contribution is 7.22. The number of aromatic nitrogens is 4. The highest BCUT2D eigenvalue weighted by Crippen LogP contribution is 2.44. The van der Waals surface area contributed by atoms with Crippen molar-refractivity contribution in [3.05, 3.63) is 77.2 Å². The number of benzene rings is 2. The summed E-state index contributed by atoms with van der Waals surface area (Å²) in [6.07, 6.45) is 4.44. The molecule has 0 radical (unpaired) electrons. The Kier molecular flexibility index (Phi) is 7.53. The fourth-order valence-corrected chi connectivity index (χ4v) is 5.95. The number of carboxylic acids is 1. The zero-order valence-corrected chi connectivity index (χ0v) is 25.8. The van der Waals surface area contributed by atoms with Gasteiger partial charge in [0.1, 0.15) is 5.01 Å². The van der Waals surface area contributed by atoms with Crippen LogP contribution >= 0.6 is 22.9 Å². The van der Waals surface area contributed by atoms with Crippen LogP contribution in [0.1, 0.15) is 58.8 Å². The molecule has 1 N–H and O–H groups in total. The fourth-order valence-electron chi connectivity index (χ4n) is 4.71. The van der Waals surface area contributed by atoms with Crippen molar-refractivity contribution in [2.24, 2.45) is 0 Å². The Morgan fingerprint density at radius 1 is 1.02 bits per heavy atom. The summed E-state index contributed by atoms with van der Waals surface area (Å²) >= 11 is 7.74. The second-order valence-corrected chi connectivity index (χ2v) is 13.5. The first-order valence-corrected chi connectivity index (χ1v) is 14.5. The van der Waals surface area contributed by atoms with Crippen LogP contribution in [-0.4, -0.2) is 36.4 Å². The number of rotatable bonds is 6. The molecule has 7 nitrogen and oxygen atoms in total. The number of fused-ring (bicyclic) bond motifs is 1. The maximum absolute atomic E-state index is 12.6. The van der Waals surface area contributed by atoms with Crippen LogP contribution in [0.3, 0.4) is 0 Å². The molecule has 0 bridgehead atoms. The van der Waals surface area contributed by atoms with Crippen molar-refractivity contribution in [1.82, 2.24) is 19.7 Å². The lowest BCUT2D eigenvalue weighted by molar-refractivity contribution is -0.160. The van der Waals surface area contributed by atoms with Gasteiger partial charge >= 0.3 is 5.97 Å². The summed E-state index contributed by atoms with van der Waals surface area (Å²) in [6, 6.07) is 13.3. The number of halogens is 1. The number of aryl methyl sites for hydroxylation is 1. The maximum Gasteiger partial charge on any atom is 0.337 e. The third kappa shape index (κ3) is 6.05. The smallest absolute Gasteiger partial charge is 0.337 e. The first kappa shape index (κ1) is 28.9. The Balaban J connectivity index is 1.70. The van der Waals surface area contributed by atoms with Crippen molar-refractivity contribution < 1.29 is 14.6 Å². The van der Waals surface area contributed by atoms with E-state index in [9.17, 15) is 9.90 Å². The second-order valence-electron chi connectivity index (χ2n) is 12.1. The lowest BCUT2D eigenvalue weighted by atomic mass is 9.91. The summed E-state index contributed by atoms with van der Waals surface area (Å²) < 4.78 is 8.93. The molecule has 212 valence electrons. The molecular formula is C32H33ClN4O3S. The maximum atomic E-state index is 12.6. The number of thiazole rings is 1. The Morgan fingerprint density at radius 3 is 2.34 bits per heavy atom. The molecule has 0 amide bonds. The zero-order chi connectivity index (χ0) is 29.7. The average Bonchev–Trinajstić information content (AvgIpc) is 3.55. The van der Waals surface area contributed by atoms with Gasteiger partial charge in [0.25, 0.3) is 0 Å². The Morgan fingerprint density at radius 2 is 1.73 bits per heavy atom. The van der Waals surface area contributed by atoms with Crippen LogP contribution < -0.4 is 0 Å². The van der Waals surface area contributed by atoms with Gasteiger partial charge in [0, 0.05) is 39.7 Å². The molecule has 1 atom stereocenters. The number of carbonyl (C=O) groups is 1. The largest absolute Gasteiger partial charge is 0.479 e. The van der Waals surface area contributed by atoms with Gasteiger partial charge in [-0.3, -0.25) is 9.67 Å². The van der Waals surface area contributed by atoms with E-state index in [4.69, 9.17) is 21.3 Å². The van der Waals surface area contributed by atoms with Crippen molar-refractivity contribution in [2.75, 3.05) is 0 Å².